The molecule has 2 N–H and O–H groups in total. The topological polar surface area (TPSA) is 115 Å². The van der Waals surface area contributed by atoms with E-state index in [0.29, 0.717) is 10.6 Å². The first kappa shape index (κ1) is 24.3. The highest BCUT2D eigenvalue weighted by Gasteiger charge is 2.18. The van der Waals surface area contributed by atoms with Crippen molar-refractivity contribution >= 4 is 33.3 Å². The van der Waals surface area contributed by atoms with Crippen LogP contribution in [0, 0.1) is 5.82 Å². The van der Waals surface area contributed by atoms with E-state index in [1.54, 1.807) is 24.3 Å². The van der Waals surface area contributed by atoms with Crippen LogP contribution in [0.1, 0.15) is 18.4 Å². The van der Waals surface area contributed by atoms with Crippen LogP contribution in [0.15, 0.2) is 70.5 Å². The maximum absolute atomic E-state index is 14.3. The molecule has 1 heterocycles. The van der Waals surface area contributed by atoms with Gasteiger partial charge in [0.1, 0.15) is 0 Å². The molecular formula is C22H20ClFN2O6S. The Kier molecular flexibility index (Phi) is 7.72. The molecule has 0 bridgehead atoms. The lowest BCUT2D eigenvalue weighted by molar-refractivity contribution is -0.137. The van der Waals surface area contributed by atoms with Gasteiger partial charge in [-0.2, -0.15) is 0 Å². The van der Waals surface area contributed by atoms with Crippen molar-refractivity contribution in [1.82, 2.24) is 4.57 Å². The molecule has 0 amide bonds. The minimum absolute atomic E-state index is 0.0272. The molecule has 1 aromatic heterocycles. The monoisotopic (exact) mass is 494 g/mol. The average Bonchev–Trinajstić information content (AvgIpc) is 2.75. The maximum Gasteiger partial charge on any atom is 0.303 e. The molecular weight excluding hydrogens is 475 g/mol. The first-order valence-corrected chi connectivity index (χ1v) is 11.6. The third-order valence-corrected chi connectivity index (χ3v) is 6.29. The molecule has 0 aliphatic heterocycles. The second-order valence-electron chi connectivity index (χ2n) is 7.02. The molecule has 0 aliphatic rings. The van der Waals surface area contributed by atoms with Crippen molar-refractivity contribution in [2.45, 2.75) is 24.3 Å². The fraction of sp³-hybridized carbons (Fsp3) is 0.182. The number of nitrogens with zero attached hydrogens (tertiary/aromatic N) is 1. The third kappa shape index (κ3) is 6.56. The fourth-order valence-electron chi connectivity index (χ4n) is 2.91. The summed E-state index contributed by atoms with van der Waals surface area (Å²) in [6.45, 7) is 0.108. The van der Waals surface area contributed by atoms with E-state index < -0.39 is 21.8 Å². The van der Waals surface area contributed by atoms with E-state index in [4.69, 9.17) is 21.4 Å². The number of carboxylic acids is 1. The molecule has 0 aliphatic carbocycles. The molecule has 0 saturated heterocycles. The largest absolute Gasteiger partial charge is 0.491 e. The van der Waals surface area contributed by atoms with Gasteiger partial charge < -0.3 is 14.4 Å². The minimum Gasteiger partial charge on any atom is -0.491 e. The summed E-state index contributed by atoms with van der Waals surface area (Å²) < 4.78 is 48.5. The van der Waals surface area contributed by atoms with E-state index in [1.807, 2.05) is 0 Å². The van der Waals surface area contributed by atoms with Crippen molar-refractivity contribution in [3.8, 4) is 5.75 Å². The van der Waals surface area contributed by atoms with Crippen molar-refractivity contribution in [2.24, 2.45) is 0 Å². The molecule has 3 aromatic rings. The summed E-state index contributed by atoms with van der Waals surface area (Å²) in [5, 5.41) is 9.07. The normalized spacial score (nSPS) is 11.2. The van der Waals surface area contributed by atoms with Crippen molar-refractivity contribution < 1.29 is 27.4 Å². The Morgan fingerprint density at radius 3 is 2.61 bits per heavy atom. The van der Waals surface area contributed by atoms with Gasteiger partial charge in [0.05, 0.1) is 23.7 Å². The van der Waals surface area contributed by atoms with Gasteiger partial charge in [-0.1, -0.05) is 29.8 Å². The number of anilines is 1. The second-order valence-corrected chi connectivity index (χ2v) is 9.11. The molecule has 0 atom stereocenters. The van der Waals surface area contributed by atoms with Crippen LogP contribution in [0.2, 0.25) is 5.02 Å². The van der Waals surface area contributed by atoms with Gasteiger partial charge in [0.2, 0.25) is 0 Å². The quantitative estimate of drug-likeness (QED) is 0.415. The zero-order chi connectivity index (χ0) is 24.0. The van der Waals surface area contributed by atoms with Crippen LogP contribution >= 0.6 is 11.6 Å². The molecule has 0 spiro atoms. The van der Waals surface area contributed by atoms with Crippen molar-refractivity contribution in [3.63, 3.8) is 0 Å². The Labute approximate surface area is 194 Å². The number of hydrogen-bond acceptors (Lipinski definition) is 5. The highest BCUT2D eigenvalue weighted by atomic mass is 35.5. The smallest absolute Gasteiger partial charge is 0.303 e. The molecule has 0 radical (unpaired) electrons. The number of halogens is 2. The SMILES string of the molecule is O=C(O)CCCOc1ccc(S(=O)(=O)Nc2ccc(=O)n(Cc3ccccc3Cl)c2)cc1F. The number of aromatic nitrogens is 1. The van der Waals surface area contributed by atoms with E-state index in [-0.39, 0.29) is 47.9 Å². The van der Waals surface area contributed by atoms with Crippen LogP contribution in [-0.4, -0.2) is 30.7 Å². The number of carbonyl (C=O) groups is 1. The van der Waals surface area contributed by atoms with Gasteiger partial charge in [0.25, 0.3) is 15.6 Å². The van der Waals surface area contributed by atoms with Crippen LogP contribution < -0.4 is 15.0 Å². The number of carboxylic acid groups (broad SMARTS) is 1. The Balaban J connectivity index is 1.75. The zero-order valence-corrected chi connectivity index (χ0v) is 18.8. The average molecular weight is 495 g/mol. The minimum atomic E-state index is -4.16. The standard InChI is InChI=1S/C22H20ClFN2O6S/c23-18-5-2-1-4-15(18)13-26-14-16(7-10-21(26)27)25-33(30,31)17-8-9-20(19(24)12-17)32-11-3-6-22(28)29/h1-2,4-5,7-10,12,14,25H,3,6,11,13H2,(H,28,29). The van der Waals surface area contributed by atoms with Crippen molar-refractivity contribution in [3.05, 3.63) is 87.6 Å². The van der Waals surface area contributed by atoms with E-state index in [2.05, 4.69) is 4.72 Å². The molecule has 11 heteroatoms. The highest BCUT2D eigenvalue weighted by molar-refractivity contribution is 7.92. The van der Waals surface area contributed by atoms with Crippen LogP contribution in [0.5, 0.6) is 5.75 Å². The number of nitrogens with one attached hydrogen (secondary N) is 1. The molecule has 0 saturated carbocycles. The molecule has 3 rings (SSSR count). The zero-order valence-electron chi connectivity index (χ0n) is 17.2. The first-order valence-electron chi connectivity index (χ1n) is 9.76. The number of hydrogen-bond donors (Lipinski definition) is 2. The molecule has 33 heavy (non-hydrogen) atoms. The van der Waals surface area contributed by atoms with Crippen molar-refractivity contribution in [2.75, 3.05) is 11.3 Å². The van der Waals surface area contributed by atoms with Crippen LogP contribution in [-0.2, 0) is 21.4 Å². The summed E-state index contributed by atoms with van der Waals surface area (Å²) in [5.41, 5.74) is 0.437. The molecule has 174 valence electrons. The van der Waals surface area contributed by atoms with Gasteiger partial charge in [0.15, 0.2) is 11.6 Å². The predicted octanol–water partition coefficient (Wildman–Crippen LogP) is 3.73. The van der Waals surface area contributed by atoms with Crippen LogP contribution in [0.3, 0.4) is 0 Å². The Morgan fingerprint density at radius 1 is 1.15 bits per heavy atom. The van der Waals surface area contributed by atoms with Crippen molar-refractivity contribution in [1.29, 1.82) is 0 Å². The van der Waals surface area contributed by atoms with Crippen LogP contribution in [0.25, 0.3) is 0 Å². The van der Waals surface area contributed by atoms with E-state index in [0.717, 1.165) is 18.2 Å². The predicted molar refractivity (Wildman–Crippen MR) is 121 cm³/mol. The molecule has 8 nitrogen and oxygen atoms in total. The van der Waals surface area contributed by atoms with Gasteiger partial charge in [-0.15, -0.1) is 0 Å². The fourth-order valence-corrected chi connectivity index (χ4v) is 4.16. The summed E-state index contributed by atoms with van der Waals surface area (Å²) in [7, 11) is -4.16. The number of aliphatic carboxylic acids is 1. The molecule has 0 fully saturated rings. The second kappa shape index (κ2) is 10.5. The van der Waals surface area contributed by atoms with Gasteiger partial charge in [-0.25, -0.2) is 12.8 Å². The summed E-state index contributed by atoms with van der Waals surface area (Å²) in [5.74, 6) is -2.09. The number of pyridine rings is 1. The molecule has 2 aromatic carbocycles. The Morgan fingerprint density at radius 2 is 1.91 bits per heavy atom. The summed E-state index contributed by atoms with van der Waals surface area (Å²) in [6, 6.07) is 12.6. The van der Waals surface area contributed by atoms with Gasteiger partial charge in [-0.3, -0.25) is 14.3 Å². The third-order valence-electron chi connectivity index (χ3n) is 4.54. The van der Waals surface area contributed by atoms with Gasteiger partial charge >= 0.3 is 5.97 Å². The lowest BCUT2D eigenvalue weighted by Crippen LogP contribution is -2.21. The summed E-state index contributed by atoms with van der Waals surface area (Å²) in [4.78, 5) is 22.4. The van der Waals surface area contributed by atoms with E-state index in [1.165, 1.54) is 22.9 Å². The van der Waals surface area contributed by atoms with Crippen LogP contribution in [0.4, 0.5) is 10.1 Å². The number of rotatable bonds is 10. The molecule has 0 unspecified atom stereocenters. The Bertz CT molecular complexity index is 1330. The summed E-state index contributed by atoms with van der Waals surface area (Å²) >= 11 is 6.14. The number of sulfonamides is 1. The van der Waals surface area contributed by atoms with Gasteiger partial charge in [-0.05, 0) is 42.3 Å². The summed E-state index contributed by atoms with van der Waals surface area (Å²) in [6.07, 6.45) is 1.39. The lowest BCUT2D eigenvalue weighted by Gasteiger charge is -2.13. The maximum atomic E-state index is 14.3. The first-order chi connectivity index (χ1) is 15.7. The number of ether oxygens (including phenoxy) is 1. The highest BCUT2D eigenvalue weighted by Crippen LogP contribution is 2.23. The van der Waals surface area contributed by atoms with E-state index >= 15 is 0 Å². The Hall–Kier alpha value is -3.37. The number of benzene rings is 2. The van der Waals surface area contributed by atoms with Gasteiger partial charge in [0, 0.05) is 23.7 Å². The lowest BCUT2D eigenvalue weighted by atomic mass is 10.2. The van der Waals surface area contributed by atoms with E-state index in [9.17, 15) is 22.4 Å².